The van der Waals surface area contributed by atoms with Gasteiger partial charge in [0.1, 0.15) is 0 Å². The lowest BCUT2D eigenvalue weighted by Gasteiger charge is -2.48. The van der Waals surface area contributed by atoms with E-state index in [0.717, 1.165) is 23.8 Å². The van der Waals surface area contributed by atoms with Gasteiger partial charge < -0.3 is 5.32 Å². The molecule has 80 valence electrons. The predicted molar refractivity (Wildman–Crippen MR) is 59.2 cm³/mol. The Balaban J connectivity index is 1.74. The van der Waals surface area contributed by atoms with Gasteiger partial charge in [-0.1, -0.05) is 19.3 Å². The molecule has 3 aliphatic rings. The fraction of sp³-hybridized carbons (Fsp3) is 1.00. The molecule has 0 amide bonds. The normalized spacial score (nSPS) is 48.0. The minimum absolute atomic E-state index is 0.919. The zero-order valence-corrected chi connectivity index (χ0v) is 9.17. The molecule has 1 heteroatoms. The first-order valence-corrected chi connectivity index (χ1v) is 6.68. The van der Waals surface area contributed by atoms with E-state index in [1.807, 2.05) is 0 Å². The summed E-state index contributed by atoms with van der Waals surface area (Å²) in [5.41, 5.74) is 0. The summed E-state index contributed by atoms with van der Waals surface area (Å²) >= 11 is 0. The maximum Gasteiger partial charge on any atom is 0.0126 e. The number of hydrogen-bond donors (Lipinski definition) is 1. The van der Waals surface area contributed by atoms with Crippen LogP contribution in [0.4, 0.5) is 0 Å². The maximum absolute atomic E-state index is 3.82. The van der Waals surface area contributed by atoms with E-state index in [4.69, 9.17) is 0 Å². The highest BCUT2D eigenvalue weighted by Gasteiger charge is 2.40. The quantitative estimate of drug-likeness (QED) is 0.623. The van der Waals surface area contributed by atoms with E-state index in [1.165, 1.54) is 51.5 Å². The SMILES string of the molecule is C1CC[C@H]2CC[C@H]3CCCNC3C2C1. The second-order valence-corrected chi connectivity index (χ2v) is 5.67. The second kappa shape index (κ2) is 3.84. The number of fused-ring (bicyclic) bond motifs is 3. The summed E-state index contributed by atoms with van der Waals surface area (Å²) in [4.78, 5) is 0. The third-order valence-electron chi connectivity index (χ3n) is 4.98. The molecule has 2 unspecified atom stereocenters. The van der Waals surface area contributed by atoms with Gasteiger partial charge in [0.15, 0.2) is 0 Å². The van der Waals surface area contributed by atoms with Gasteiger partial charge >= 0.3 is 0 Å². The zero-order chi connectivity index (χ0) is 9.38. The van der Waals surface area contributed by atoms with Gasteiger partial charge in [-0.2, -0.15) is 0 Å². The van der Waals surface area contributed by atoms with E-state index in [2.05, 4.69) is 5.32 Å². The molecule has 2 aliphatic carbocycles. The van der Waals surface area contributed by atoms with Gasteiger partial charge in [-0.25, -0.2) is 0 Å². The fourth-order valence-electron chi connectivity index (χ4n) is 4.30. The number of nitrogens with one attached hydrogen (secondary N) is 1. The molecule has 2 saturated carbocycles. The standard InChI is InChI=1S/C13H23N/c1-2-6-12-10(4-1)7-8-11-5-3-9-14-13(11)12/h10-14H,1-9H2/t10-,11+,12?,13?/m0/s1. The molecule has 0 aromatic carbocycles. The topological polar surface area (TPSA) is 12.0 Å². The van der Waals surface area contributed by atoms with Gasteiger partial charge in [-0.3, -0.25) is 0 Å². The van der Waals surface area contributed by atoms with E-state index in [1.54, 1.807) is 6.42 Å². The Morgan fingerprint density at radius 2 is 1.50 bits per heavy atom. The molecule has 1 aliphatic heterocycles. The Morgan fingerprint density at radius 1 is 0.714 bits per heavy atom. The van der Waals surface area contributed by atoms with Gasteiger partial charge in [0.25, 0.3) is 0 Å². The Kier molecular flexibility index (Phi) is 2.53. The van der Waals surface area contributed by atoms with E-state index in [0.29, 0.717) is 0 Å². The van der Waals surface area contributed by atoms with Crippen molar-refractivity contribution in [1.29, 1.82) is 0 Å². The lowest BCUT2D eigenvalue weighted by atomic mass is 9.63. The van der Waals surface area contributed by atoms with Gasteiger partial charge in [0, 0.05) is 6.04 Å². The van der Waals surface area contributed by atoms with Crippen molar-refractivity contribution in [2.45, 2.75) is 57.4 Å². The van der Waals surface area contributed by atoms with Crippen LogP contribution in [0.15, 0.2) is 0 Å². The molecule has 4 atom stereocenters. The van der Waals surface area contributed by atoms with E-state index >= 15 is 0 Å². The minimum atomic E-state index is 0.919. The monoisotopic (exact) mass is 193 g/mol. The van der Waals surface area contributed by atoms with E-state index in [-0.39, 0.29) is 0 Å². The molecule has 0 aromatic heterocycles. The average molecular weight is 193 g/mol. The van der Waals surface area contributed by atoms with Crippen LogP contribution in [-0.2, 0) is 0 Å². The van der Waals surface area contributed by atoms with E-state index in [9.17, 15) is 0 Å². The number of piperidine rings is 1. The maximum atomic E-state index is 3.82. The Labute approximate surface area is 87.7 Å². The Bertz CT molecular complexity index is 179. The highest BCUT2D eigenvalue weighted by Crippen LogP contribution is 2.44. The summed E-state index contributed by atoms with van der Waals surface area (Å²) in [6.07, 6.45) is 12.1. The summed E-state index contributed by atoms with van der Waals surface area (Å²) < 4.78 is 0. The van der Waals surface area contributed by atoms with Crippen molar-refractivity contribution in [3.8, 4) is 0 Å². The summed E-state index contributed by atoms with van der Waals surface area (Å²) in [5.74, 6) is 3.20. The fourth-order valence-corrected chi connectivity index (χ4v) is 4.30. The van der Waals surface area contributed by atoms with Crippen molar-refractivity contribution in [1.82, 2.24) is 5.32 Å². The van der Waals surface area contributed by atoms with Gasteiger partial charge in [-0.05, 0) is 56.4 Å². The Hall–Kier alpha value is -0.0400. The van der Waals surface area contributed by atoms with Crippen molar-refractivity contribution in [2.24, 2.45) is 17.8 Å². The Morgan fingerprint density at radius 3 is 2.50 bits per heavy atom. The first kappa shape index (κ1) is 9.21. The van der Waals surface area contributed by atoms with Crippen LogP contribution in [0.3, 0.4) is 0 Å². The molecule has 0 bridgehead atoms. The van der Waals surface area contributed by atoms with Crippen LogP contribution >= 0.6 is 0 Å². The number of hydrogen-bond acceptors (Lipinski definition) is 1. The van der Waals surface area contributed by atoms with Gasteiger partial charge in [-0.15, -0.1) is 0 Å². The molecule has 0 aromatic rings. The second-order valence-electron chi connectivity index (χ2n) is 5.67. The summed E-state index contributed by atoms with van der Waals surface area (Å²) in [5, 5.41) is 3.82. The van der Waals surface area contributed by atoms with E-state index < -0.39 is 0 Å². The molecule has 0 radical (unpaired) electrons. The number of rotatable bonds is 0. The molecule has 3 rings (SSSR count). The lowest BCUT2D eigenvalue weighted by molar-refractivity contribution is 0.0618. The summed E-state index contributed by atoms with van der Waals surface area (Å²) in [6, 6.07) is 0.919. The highest BCUT2D eigenvalue weighted by atomic mass is 14.9. The molecule has 1 saturated heterocycles. The lowest BCUT2D eigenvalue weighted by Crippen LogP contribution is -2.52. The summed E-state index contributed by atoms with van der Waals surface area (Å²) in [7, 11) is 0. The van der Waals surface area contributed by atoms with Crippen molar-refractivity contribution >= 4 is 0 Å². The van der Waals surface area contributed by atoms with Crippen LogP contribution in [0.25, 0.3) is 0 Å². The molecule has 3 fully saturated rings. The molecule has 1 N–H and O–H groups in total. The predicted octanol–water partition coefficient (Wildman–Crippen LogP) is 2.95. The third-order valence-corrected chi connectivity index (χ3v) is 4.98. The third kappa shape index (κ3) is 1.50. The van der Waals surface area contributed by atoms with Crippen LogP contribution in [0.5, 0.6) is 0 Å². The average Bonchev–Trinajstić information content (AvgIpc) is 2.29. The molecule has 1 nitrogen and oxygen atoms in total. The van der Waals surface area contributed by atoms with Crippen molar-refractivity contribution < 1.29 is 0 Å². The zero-order valence-electron chi connectivity index (χ0n) is 9.17. The van der Waals surface area contributed by atoms with Crippen LogP contribution in [0.1, 0.15) is 51.4 Å². The molecule has 14 heavy (non-hydrogen) atoms. The van der Waals surface area contributed by atoms with Crippen LogP contribution in [0, 0.1) is 17.8 Å². The van der Waals surface area contributed by atoms with Crippen LogP contribution < -0.4 is 5.32 Å². The molecular weight excluding hydrogens is 170 g/mol. The minimum Gasteiger partial charge on any atom is -0.313 e. The van der Waals surface area contributed by atoms with Gasteiger partial charge in [0.2, 0.25) is 0 Å². The van der Waals surface area contributed by atoms with Crippen molar-refractivity contribution in [3.05, 3.63) is 0 Å². The van der Waals surface area contributed by atoms with Crippen molar-refractivity contribution in [2.75, 3.05) is 6.54 Å². The highest BCUT2D eigenvalue weighted by molar-refractivity contribution is 4.95. The van der Waals surface area contributed by atoms with Crippen LogP contribution in [-0.4, -0.2) is 12.6 Å². The molecule has 1 heterocycles. The van der Waals surface area contributed by atoms with Gasteiger partial charge in [0.05, 0.1) is 0 Å². The largest absolute Gasteiger partial charge is 0.313 e. The molecular formula is C13H23N. The smallest absolute Gasteiger partial charge is 0.0126 e. The van der Waals surface area contributed by atoms with Crippen LogP contribution in [0.2, 0.25) is 0 Å². The summed E-state index contributed by atoms with van der Waals surface area (Å²) in [6.45, 7) is 1.30. The van der Waals surface area contributed by atoms with Crippen molar-refractivity contribution in [3.63, 3.8) is 0 Å². The first-order valence-electron chi connectivity index (χ1n) is 6.68. The first-order chi connectivity index (χ1) is 6.95. The molecule has 0 spiro atoms.